The Hall–Kier alpha value is -4.17. The Morgan fingerprint density at radius 1 is 1.06 bits per heavy atom. The summed E-state index contributed by atoms with van der Waals surface area (Å²) in [4.78, 5) is 12.4. The van der Waals surface area contributed by atoms with Gasteiger partial charge in [0.15, 0.2) is 5.84 Å². The summed E-state index contributed by atoms with van der Waals surface area (Å²) in [5, 5.41) is 26.5. The number of carbonyl (C=O) groups excluding carboxylic acids is 1. The summed E-state index contributed by atoms with van der Waals surface area (Å²) in [6.45, 7) is 0. The predicted octanol–water partition coefficient (Wildman–Crippen LogP) is 3.09. The van der Waals surface area contributed by atoms with Crippen LogP contribution in [-0.2, 0) is 11.2 Å². The van der Waals surface area contributed by atoms with Crippen LogP contribution in [-0.4, -0.2) is 31.9 Å². The monoisotopic (exact) mass is 415 g/mol. The Morgan fingerprint density at radius 3 is 2.58 bits per heavy atom. The highest BCUT2D eigenvalue weighted by Gasteiger charge is 2.23. The fourth-order valence-corrected chi connectivity index (χ4v) is 3.60. The number of fused-ring (bicyclic) bond motifs is 1. The van der Waals surface area contributed by atoms with Gasteiger partial charge in [-0.25, -0.2) is 5.48 Å². The number of aromatic nitrogens is 2. The number of nitrogens with one attached hydrogen (secondary N) is 1. The lowest BCUT2D eigenvalue weighted by Crippen LogP contribution is -2.32. The fraction of sp³-hybridized carbons (Fsp3) is 0.0870. The smallest absolute Gasteiger partial charge is 0.268 e. The standard InChI is InChI=1S/C23H21N5O3/c24-22(26-30)18-8-4-7-16(12-18)17-9-10-20-19(13-17)14-25-28(20)21(23(29)27-31)11-15-5-2-1-3-6-15/h1-10,12-14,21,30-31H,11H2,(H2,24,26)(H,27,29). The molecule has 1 atom stereocenters. The highest BCUT2D eigenvalue weighted by molar-refractivity contribution is 5.98. The molecule has 8 nitrogen and oxygen atoms in total. The van der Waals surface area contributed by atoms with E-state index >= 15 is 0 Å². The molecule has 0 saturated heterocycles. The van der Waals surface area contributed by atoms with Crippen molar-refractivity contribution in [1.29, 1.82) is 0 Å². The molecule has 0 saturated carbocycles. The molecule has 1 amide bonds. The molecule has 0 aliphatic carbocycles. The second-order valence-electron chi connectivity index (χ2n) is 7.11. The van der Waals surface area contributed by atoms with Gasteiger partial charge in [0.25, 0.3) is 5.91 Å². The van der Waals surface area contributed by atoms with Crippen molar-refractivity contribution in [1.82, 2.24) is 15.3 Å². The summed E-state index contributed by atoms with van der Waals surface area (Å²) in [6.07, 6.45) is 2.07. The molecule has 0 spiro atoms. The lowest BCUT2D eigenvalue weighted by Gasteiger charge is -2.17. The topological polar surface area (TPSA) is 126 Å². The van der Waals surface area contributed by atoms with Crippen molar-refractivity contribution in [2.75, 3.05) is 0 Å². The van der Waals surface area contributed by atoms with Crippen LogP contribution in [0.4, 0.5) is 0 Å². The normalized spacial score (nSPS) is 12.6. The summed E-state index contributed by atoms with van der Waals surface area (Å²) >= 11 is 0. The first-order chi connectivity index (χ1) is 15.1. The molecule has 8 heteroatoms. The van der Waals surface area contributed by atoms with Crippen LogP contribution in [0.2, 0.25) is 0 Å². The summed E-state index contributed by atoms with van der Waals surface area (Å²) in [6, 6.07) is 22.0. The highest BCUT2D eigenvalue weighted by atomic mass is 16.5. The van der Waals surface area contributed by atoms with Crippen LogP contribution in [0.25, 0.3) is 22.0 Å². The summed E-state index contributed by atoms with van der Waals surface area (Å²) in [7, 11) is 0. The van der Waals surface area contributed by atoms with E-state index in [1.54, 1.807) is 22.4 Å². The SMILES string of the molecule is N/C(=N\O)c1cccc(-c2ccc3c(cnn3C(Cc3ccccc3)C(=O)NO)c2)c1. The zero-order chi connectivity index (χ0) is 21.8. The van der Waals surface area contributed by atoms with E-state index in [-0.39, 0.29) is 5.84 Å². The zero-order valence-electron chi connectivity index (χ0n) is 16.5. The first kappa shape index (κ1) is 20.1. The van der Waals surface area contributed by atoms with Crippen LogP contribution in [0.15, 0.2) is 84.1 Å². The molecule has 0 aliphatic heterocycles. The second kappa shape index (κ2) is 8.68. The molecular weight excluding hydrogens is 394 g/mol. The van der Waals surface area contributed by atoms with E-state index in [1.165, 1.54) is 0 Å². The van der Waals surface area contributed by atoms with Crippen molar-refractivity contribution >= 4 is 22.6 Å². The lowest BCUT2D eigenvalue weighted by atomic mass is 10.0. The number of benzene rings is 3. The quantitative estimate of drug-likeness (QED) is 0.127. The van der Waals surface area contributed by atoms with E-state index in [2.05, 4.69) is 10.3 Å². The van der Waals surface area contributed by atoms with E-state index < -0.39 is 11.9 Å². The number of amidine groups is 1. The minimum Gasteiger partial charge on any atom is -0.409 e. The predicted molar refractivity (Wildman–Crippen MR) is 117 cm³/mol. The Kier molecular flexibility index (Phi) is 5.63. The molecule has 0 bridgehead atoms. The number of hydroxylamine groups is 1. The third-order valence-corrected chi connectivity index (χ3v) is 5.17. The second-order valence-corrected chi connectivity index (χ2v) is 7.11. The Labute approximate surface area is 178 Å². The van der Waals surface area contributed by atoms with Gasteiger partial charge >= 0.3 is 0 Å². The molecule has 0 aliphatic rings. The maximum absolute atomic E-state index is 12.4. The average molecular weight is 415 g/mol. The van der Waals surface area contributed by atoms with Crippen LogP contribution in [0.5, 0.6) is 0 Å². The molecule has 0 radical (unpaired) electrons. The number of hydrogen-bond donors (Lipinski definition) is 4. The van der Waals surface area contributed by atoms with E-state index in [0.717, 1.165) is 27.6 Å². The van der Waals surface area contributed by atoms with Gasteiger partial charge in [-0.2, -0.15) is 5.10 Å². The first-order valence-electron chi connectivity index (χ1n) is 9.64. The third kappa shape index (κ3) is 4.10. The number of hydrogen-bond acceptors (Lipinski definition) is 5. The van der Waals surface area contributed by atoms with Crippen molar-refractivity contribution in [3.8, 4) is 11.1 Å². The molecule has 4 aromatic rings. The summed E-state index contributed by atoms with van der Waals surface area (Å²) < 4.78 is 1.62. The lowest BCUT2D eigenvalue weighted by molar-refractivity contribution is -0.132. The number of carbonyl (C=O) groups is 1. The molecule has 4 rings (SSSR count). The van der Waals surface area contributed by atoms with Crippen molar-refractivity contribution in [2.24, 2.45) is 10.9 Å². The van der Waals surface area contributed by atoms with E-state index in [9.17, 15) is 10.0 Å². The molecule has 1 unspecified atom stereocenters. The number of amides is 1. The fourth-order valence-electron chi connectivity index (χ4n) is 3.60. The van der Waals surface area contributed by atoms with Gasteiger partial charge in [-0.1, -0.05) is 59.8 Å². The molecule has 156 valence electrons. The third-order valence-electron chi connectivity index (χ3n) is 5.17. The van der Waals surface area contributed by atoms with Gasteiger partial charge in [0.2, 0.25) is 0 Å². The van der Waals surface area contributed by atoms with Crippen molar-refractivity contribution in [3.05, 3.63) is 90.1 Å². The van der Waals surface area contributed by atoms with Gasteiger partial charge < -0.3 is 10.9 Å². The maximum atomic E-state index is 12.4. The zero-order valence-corrected chi connectivity index (χ0v) is 16.5. The minimum absolute atomic E-state index is 0.0366. The minimum atomic E-state index is -0.709. The van der Waals surface area contributed by atoms with Crippen LogP contribution in [0.3, 0.4) is 0 Å². The summed E-state index contributed by atoms with van der Waals surface area (Å²) in [5.41, 5.74) is 11.6. The van der Waals surface area contributed by atoms with Crippen molar-refractivity contribution in [2.45, 2.75) is 12.5 Å². The van der Waals surface area contributed by atoms with E-state index in [0.29, 0.717) is 12.0 Å². The average Bonchev–Trinajstić information content (AvgIpc) is 3.25. The highest BCUT2D eigenvalue weighted by Crippen LogP contribution is 2.27. The number of nitrogens with two attached hydrogens (primary N) is 1. The van der Waals surface area contributed by atoms with Crippen molar-refractivity contribution in [3.63, 3.8) is 0 Å². The van der Waals surface area contributed by atoms with E-state index in [1.807, 2.05) is 66.7 Å². The molecular formula is C23H21N5O3. The van der Waals surface area contributed by atoms with Gasteiger partial charge in [-0.15, -0.1) is 0 Å². The van der Waals surface area contributed by atoms with Gasteiger partial charge in [-0.05, 0) is 34.9 Å². The van der Waals surface area contributed by atoms with Gasteiger partial charge in [0.05, 0.1) is 11.7 Å². The Bertz CT molecular complexity index is 1250. The number of rotatable bonds is 6. The molecule has 1 heterocycles. The molecule has 3 aromatic carbocycles. The number of nitrogens with zero attached hydrogens (tertiary/aromatic N) is 3. The summed E-state index contributed by atoms with van der Waals surface area (Å²) in [5.74, 6) is -0.501. The van der Waals surface area contributed by atoms with Gasteiger partial charge in [0.1, 0.15) is 6.04 Å². The molecule has 5 N–H and O–H groups in total. The van der Waals surface area contributed by atoms with Crippen LogP contribution in [0.1, 0.15) is 17.2 Å². The van der Waals surface area contributed by atoms with E-state index in [4.69, 9.17) is 10.9 Å². The van der Waals surface area contributed by atoms with Gasteiger partial charge in [0, 0.05) is 17.4 Å². The number of oxime groups is 1. The largest absolute Gasteiger partial charge is 0.409 e. The van der Waals surface area contributed by atoms with Crippen LogP contribution < -0.4 is 11.2 Å². The molecule has 31 heavy (non-hydrogen) atoms. The van der Waals surface area contributed by atoms with Crippen LogP contribution >= 0.6 is 0 Å². The molecule has 1 aromatic heterocycles. The Morgan fingerprint density at radius 2 is 1.84 bits per heavy atom. The van der Waals surface area contributed by atoms with Gasteiger partial charge in [-0.3, -0.25) is 14.7 Å². The first-order valence-corrected chi connectivity index (χ1v) is 9.64. The van der Waals surface area contributed by atoms with Crippen molar-refractivity contribution < 1.29 is 15.2 Å². The molecule has 0 fully saturated rings. The van der Waals surface area contributed by atoms with Crippen LogP contribution in [0, 0.1) is 0 Å². The Balaban J connectivity index is 1.72. The maximum Gasteiger partial charge on any atom is 0.268 e.